The molecule has 6 nitrogen and oxygen atoms in total. The third-order valence-corrected chi connectivity index (χ3v) is 2.12. The fourth-order valence-corrected chi connectivity index (χ4v) is 1.31. The fourth-order valence-electron chi connectivity index (χ4n) is 1.31. The smallest absolute Gasteiger partial charge is 0.314 e. The summed E-state index contributed by atoms with van der Waals surface area (Å²) >= 11 is 0. The first-order valence-corrected chi connectivity index (χ1v) is 4.17. The largest absolute Gasteiger partial charge is 0.351 e. The summed E-state index contributed by atoms with van der Waals surface area (Å²) in [7, 11) is 0. The van der Waals surface area contributed by atoms with Crippen molar-refractivity contribution in [2.75, 3.05) is 32.7 Å². The van der Waals surface area contributed by atoms with E-state index in [1.165, 1.54) is 4.90 Å². The maximum Gasteiger partial charge on any atom is 0.314 e. The number of carbonyl (C=O) groups excluding carboxylic acids is 2. The Kier molecular flexibility index (Phi) is 3.07. The molecule has 74 valence electrons. The highest BCUT2D eigenvalue weighted by Gasteiger charge is 2.21. The molecule has 0 aliphatic carbocycles. The van der Waals surface area contributed by atoms with Gasteiger partial charge in [0.2, 0.25) is 5.91 Å². The summed E-state index contributed by atoms with van der Waals surface area (Å²) in [5.74, 6) is -0.0795. The lowest BCUT2D eigenvalue weighted by Gasteiger charge is -2.33. The monoisotopic (exact) mass is 186 g/mol. The lowest BCUT2D eigenvalue weighted by atomic mass is 10.3. The second-order valence-corrected chi connectivity index (χ2v) is 2.91. The molecule has 0 bridgehead atoms. The highest BCUT2D eigenvalue weighted by atomic mass is 16.2. The van der Waals surface area contributed by atoms with E-state index in [1.54, 1.807) is 4.90 Å². The van der Waals surface area contributed by atoms with Crippen LogP contribution in [-0.2, 0) is 4.79 Å². The lowest BCUT2D eigenvalue weighted by molar-refractivity contribution is -0.131. The summed E-state index contributed by atoms with van der Waals surface area (Å²) in [5, 5.41) is 0. The van der Waals surface area contributed by atoms with Crippen molar-refractivity contribution in [3.05, 3.63) is 0 Å². The minimum Gasteiger partial charge on any atom is -0.351 e. The molecule has 6 heteroatoms. The van der Waals surface area contributed by atoms with Gasteiger partial charge in [-0.05, 0) is 0 Å². The van der Waals surface area contributed by atoms with E-state index in [1.807, 2.05) is 0 Å². The molecule has 4 N–H and O–H groups in total. The zero-order valence-corrected chi connectivity index (χ0v) is 7.40. The van der Waals surface area contributed by atoms with Crippen LogP contribution in [0.1, 0.15) is 0 Å². The molecular weight excluding hydrogens is 172 g/mol. The standard InChI is InChI=1S/C7H14N4O2/c8-5-6(12)10-1-3-11(4-2-10)7(9)13/h1-5,8H2,(H2,9,13). The third kappa shape index (κ3) is 2.32. The Morgan fingerprint density at radius 2 is 1.54 bits per heavy atom. The molecule has 1 rings (SSSR count). The van der Waals surface area contributed by atoms with Crippen LogP contribution in [0.2, 0.25) is 0 Å². The van der Waals surface area contributed by atoms with Crippen molar-refractivity contribution < 1.29 is 9.59 Å². The topological polar surface area (TPSA) is 92.7 Å². The van der Waals surface area contributed by atoms with Gasteiger partial charge >= 0.3 is 6.03 Å². The number of hydrogen-bond donors (Lipinski definition) is 2. The van der Waals surface area contributed by atoms with Gasteiger partial charge in [-0.2, -0.15) is 0 Å². The van der Waals surface area contributed by atoms with E-state index < -0.39 is 6.03 Å². The molecule has 1 heterocycles. The van der Waals surface area contributed by atoms with Gasteiger partial charge in [-0.1, -0.05) is 0 Å². The van der Waals surface area contributed by atoms with Crippen LogP contribution in [0, 0.1) is 0 Å². The molecule has 13 heavy (non-hydrogen) atoms. The molecule has 1 saturated heterocycles. The third-order valence-electron chi connectivity index (χ3n) is 2.12. The zero-order chi connectivity index (χ0) is 9.84. The number of carbonyl (C=O) groups is 2. The van der Waals surface area contributed by atoms with Gasteiger partial charge in [0.25, 0.3) is 0 Å². The minimum atomic E-state index is -0.431. The van der Waals surface area contributed by atoms with Crippen molar-refractivity contribution >= 4 is 11.9 Å². The van der Waals surface area contributed by atoms with Gasteiger partial charge in [-0.25, -0.2) is 4.79 Å². The number of urea groups is 1. The van der Waals surface area contributed by atoms with Gasteiger partial charge in [0, 0.05) is 26.2 Å². The number of nitrogens with two attached hydrogens (primary N) is 2. The predicted molar refractivity (Wildman–Crippen MR) is 46.8 cm³/mol. The molecule has 0 radical (unpaired) electrons. The summed E-state index contributed by atoms with van der Waals surface area (Å²) in [4.78, 5) is 25.0. The average Bonchev–Trinajstić information content (AvgIpc) is 2.17. The van der Waals surface area contributed by atoms with E-state index in [4.69, 9.17) is 11.5 Å². The van der Waals surface area contributed by atoms with Gasteiger partial charge < -0.3 is 21.3 Å². The Hall–Kier alpha value is -1.30. The quantitative estimate of drug-likeness (QED) is 0.504. The van der Waals surface area contributed by atoms with E-state index in [2.05, 4.69) is 0 Å². The van der Waals surface area contributed by atoms with Crippen LogP contribution in [0.3, 0.4) is 0 Å². The SMILES string of the molecule is NCC(=O)N1CCN(C(N)=O)CC1. The van der Waals surface area contributed by atoms with E-state index in [9.17, 15) is 9.59 Å². The first-order valence-electron chi connectivity index (χ1n) is 4.17. The normalized spacial score (nSPS) is 17.3. The minimum absolute atomic E-state index is 0.0244. The fraction of sp³-hybridized carbons (Fsp3) is 0.714. The highest BCUT2D eigenvalue weighted by Crippen LogP contribution is 2.00. The molecule has 0 atom stereocenters. The number of nitrogens with zero attached hydrogens (tertiary/aromatic N) is 2. The summed E-state index contributed by atoms with van der Waals surface area (Å²) in [6.07, 6.45) is 0. The maximum absolute atomic E-state index is 11.1. The van der Waals surface area contributed by atoms with Crippen LogP contribution in [0.5, 0.6) is 0 Å². The van der Waals surface area contributed by atoms with Gasteiger partial charge in [0.15, 0.2) is 0 Å². The van der Waals surface area contributed by atoms with Gasteiger partial charge in [0.1, 0.15) is 0 Å². The molecule has 0 unspecified atom stereocenters. The van der Waals surface area contributed by atoms with Gasteiger partial charge in [-0.3, -0.25) is 4.79 Å². The van der Waals surface area contributed by atoms with Crippen LogP contribution >= 0.6 is 0 Å². The number of hydrogen-bond acceptors (Lipinski definition) is 3. The second-order valence-electron chi connectivity index (χ2n) is 2.91. The maximum atomic E-state index is 11.1. The average molecular weight is 186 g/mol. The Labute approximate surface area is 76.4 Å². The summed E-state index contributed by atoms with van der Waals surface area (Å²) < 4.78 is 0. The van der Waals surface area contributed by atoms with Crippen LogP contribution in [-0.4, -0.2) is 54.5 Å². The molecule has 0 aromatic rings. The van der Waals surface area contributed by atoms with Crippen molar-refractivity contribution in [1.29, 1.82) is 0 Å². The van der Waals surface area contributed by atoms with Gasteiger partial charge in [0.05, 0.1) is 6.54 Å². The molecule has 1 fully saturated rings. The lowest BCUT2D eigenvalue weighted by Crippen LogP contribution is -2.53. The van der Waals surface area contributed by atoms with Crippen LogP contribution in [0.4, 0.5) is 4.79 Å². The van der Waals surface area contributed by atoms with Crippen LogP contribution in [0.25, 0.3) is 0 Å². The van der Waals surface area contributed by atoms with E-state index in [0.717, 1.165) is 0 Å². The molecule has 0 aromatic carbocycles. The Morgan fingerprint density at radius 1 is 1.08 bits per heavy atom. The predicted octanol–water partition coefficient (Wildman–Crippen LogP) is -1.83. The Balaban J connectivity index is 2.39. The van der Waals surface area contributed by atoms with Crippen molar-refractivity contribution in [1.82, 2.24) is 9.80 Å². The Bertz CT molecular complexity index is 211. The molecule has 0 aromatic heterocycles. The number of primary amides is 1. The molecule has 3 amide bonds. The van der Waals surface area contributed by atoms with Crippen molar-refractivity contribution in [3.8, 4) is 0 Å². The molecule has 0 saturated carbocycles. The van der Waals surface area contributed by atoms with Crippen LogP contribution < -0.4 is 11.5 Å². The van der Waals surface area contributed by atoms with Gasteiger partial charge in [-0.15, -0.1) is 0 Å². The van der Waals surface area contributed by atoms with Crippen molar-refractivity contribution in [2.24, 2.45) is 11.5 Å². The van der Waals surface area contributed by atoms with E-state index in [0.29, 0.717) is 26.2 Å². The highest BCUT2D eigenvalue weighted by molar-refractivity contribution is 5.78. The first-order chi connectivity index (χ1) is 6.15. The second kappa shape index (κ2) is 4.08. The first kappa shape index (κ1) is 9.79. The molecule has 0 spiro atoms. The molecular formula is C7H14N4O2. The zero-order valence-electron chi connectivity index (χ0n) is 7.40. The number of piperazine rings is 1. The van der Waals surface area contributed by atoms with Crippen molar-refractivity contribution in [3.63, 3.8) is 0 Å². The molecule has 1 aliphatic heterocycles. The summed E-state index contributed by atoms with van der Waals surface area (Å²) in [5.41, 5.74) is 10.3. The van der Waals surface area contributed by atoms with Crippen molar-refractivity contribution in [2.45, 2.75) is 0 Å². The summed E-state index contributed by atoms with van der Waals surface area (Å²) in [6.45, 7) is 2.08. The summed E-state index contributed by atoms with van der Waals surface area (Å²) in [6, 6.07) is -0.431. The van der Waals surface area contributed by atoms with E-state index in [-0.39, 0.29) is 12.5 Å². The van der Waals surface area contributed by atoms with Crippen LogP contribution in [0.15, 0.2) is 0 Å². The number of amides is 3. The van der Waals surface area contributed by atoms with E-state index >= 15 is 0 Å². The Morgan fingerprint density at radius 3 is 1.92 bits per heavy atom. The molecule has 1 aliphatic rings. The number of rotatable bonds is 1.